The molecule has 0 saturated carbocycles. The summed E-state index contributed by atoms with van der Waals surface area (Å²) in [7, 11) is 0. The van der Waals surface area contributed by atoms with Crippen molar-refractivity contribution in [2.75, 3.05) is 98.6 Å². The number of nitrogens with two attached hydrogens (primary N) is 4. The van der Waals surface area contributed by atoms with Crippen LogP contribution in [0.5, 0.6) is 28.7 Å². The Morgan fingerprint density at radius 1 is 0.603 bits per heavy atom. The minimum atomic E-state index is -1.22. The van der Waals surface area contributed by atoms with E-state index in [1.54, 1.807) is 42.5 Å². The Morgan fingerprint density at radius 3 is 1.60 bits per heavy atom. The highest BCUT2D eigenvalue weighted by molar-refractivity contribution is 7.99. The van der Waals surface area contributed by atoms with Crippen LogP contribution in [0.3, 0.4) is 0 Å². The van der Waals surface area contributed by atoms with Crippen molar-refractivity contribution in [2.24, 2.45) is 22.9 Å². The van der Waals surface area contributed by atoms with E-state index in [0.717, 1.165) is 0 Å². The van der Waals surface area contributed by atoms with E-state index in [0.29, 0.717) is 112 Å². The summed E-state index contributed by atoms with van der Waals surface area (Å²) in [4.78, 5) is 0. The highest BCUT2D eigenvalue weighted by atomic mass is 32.2. The van der Waals surface area contributed by atoms with Crippen LogP contribution in [0.1, 0.15) is 28.9 Å². The Balaban J connectivity index is 1.70. The van der Waals surface area contributed by atoms with Gasteiger partial charge in [-0.05, 0) is 29.8 Å². The van der Waals surface area contributed by atoms with Gasteiger partial charge in [-0.1, -0.05) is 6.07 Å². The molecule has 0 bridgehead atoms. The second-order valence-electron chi connectivity index (χ2n) is 13.4. The van der Waals surface area contributed by atoms with Gasteiger partial charge in [0.1, 0.15) is 55.5 Å². The van der Waals surface area contributed by atoms with E-state index in [2.05, 4.69) is 0 Å². The van der Waals surface area contributed by atoms with Gasteiger partial charge in [0.15, 0.2) is 17.6 Å². The van der Waals surface area contributed by atoms with Gasteiger partial charge in [0.2, 0.25) is 0 Å². The first kappa shape index (κ1) is 48.4. The molecule has 0 spiro atoms. The Labute approximate surface area is 357 Å². The summed E-state index contributed by atoms with van der Waals surface area (Å²) in [6, 6.07) is 11.9. The minimum Gasteiger partial charge on any atom is -0.491 e. The molecule has 1 aliphatic rings. The third-order valence-electron chi connectivity index (χ3n) is 8.47. The minimum absolute atomic E-state index is 0.00889. The van der Waals surface area contributed by atoms with E-state index >= 15 is 0 Å². The summed E-state index contributed by atoms with van der Waals surface area (Å²) in [5.74, 6) is 5.73. The molecular weight excluding hydrogens is 829 g/mol. The summed E-state index contributed by atoms with van der Waals surface area (Å²) in [6.07, 6.45) is -3.84. The number of thioether (sulfide) groups is 4. The molecule has 2 heterocycles. The zero-order valence-electron chi connectivity index (χ0n) is 32.6. The second-order valence-corrected chi connectivity index (χ2v) is 18.0. The van der Waals surface area contributed by atoms with Crippen LogP contribution in [0, 0.1) is 0 Å². The molecule has 2 aromatic carbocycles. The number of hydrogen-bond acceptors (Lipinski definition) is 19. The van der Waals surface area contributed by atoms with Gasteiger partial charge in [0.25, 0.3) is 0 Å². The van der Waals surface area contributed by atoms with Crippen molar-refractivity contribution in [1.82, 2.24) is 0 Å². The Hall–Kier alpha value is -2.24. The number of hydrogen-bond donors (Lipinski definition) is 9. The fraction of sp³-hybridized carbons (Fsp3) is 0.590. The van der Waals surface area contributed by atoms with Crippen molar-refractivity contribution < 1.29 is 53.6 Å². The standard InChI is InChI=1S/C39H60N4O11S4/c40-5-10-55-21-26(44)17-50-30-15-34(53-20-29(47)24-58-13-8-43)36-35(16-30)54-39(38(48)37(36)32-2-1-9-49-32)25-3-4-31(51-18-27(45)22-56-11-6-41)33(14-25)52-19-28(46)23-57-12-7-42/h1-4,9,14-16,26-29,37-39,44-48H,5-8,10-13,17-24,40-43H2. The lowest BCUT2D eigenvalue weighted by molar-refractivity contribution is 0.00229. The number of rotatable bonds is 30. The lowest BCUT2D eigenvalue weighted by atomic mass is 9.82. The Bertz CT molecular complexity index is 1580. The van der Waals surface area contributed by atoms with E-state index in [-0.39, 0.29) is 32.2 Å². The largest absolute Gasteiger partial charge is 0.491 e. The molecule has 0 amide bonds. The van der Waals surface area contributed by atoms with Gasteiger partial charge < -0.3 is 76.6 Å². The first-order valence-corrected chi connectivity index (χ1v) is 23.8. The highest BCUT2D eigenvalue weighted by Gasteiger charge is 2.43. The normalized spacial score (nSPS) is 18.5. The topological polar surface area (TPSA) is 265 Å². The van der Waals surface area contributed by atoms with Gasteiger partial charge in [-0.3, -0.25) is 0 Å². The maximum atomic E-state index is 12.2. The summed E-state index contributed by atoms with van der Waals surface area (Å²) in [6.45, 7) is 1.85. The van der Waals surface area contributed by atoms with Crippen LogP contribution < -0.4 is 46.6 Å². The van der Waals surface area contributed by atoms with Gasteiger partial charge in [-0.25, -0.2) is 0 Å². The summed E-state index contributed by atoms with van der Waals surface area (Å²) >= 11 is 6.07. The van der Waals surface area contributed by atoms with E-state index in [9.17, 15) is 25.5 Å². The van der Waals surface area contributed by atoms with Crippen molar-refractivity contribution >= 4 is 47.0 Å². The molecule has 19 heteroatoms. The summed E-state index contributed by atoms with van der Waals surface area (Å²) in [5.41, 5.74) is 23.5. The molecule has 13 N–H and O–H groups in total. The molecule has 1 aliphatic heterocycles. The molecule has 0 saturated heterocycles. The molecule has 1 aromatic heterocycles. The average molecular weight is 889 g/mol. The fourth-order valence-corrected chi connectivity index (χ4v) is 8.67. The zero-order valence-corrected chi connectivity index (χ0v) is 35.9. The number of benzene rings is 2. The predicted molar refractivity (Wildman–Crippen MR) is 234 cm³/mol. The van der Waals surface area contributed by atoms with E-state index in [1.165, 1.54) is 53.3 Å². The van der Waals surface area contributed by atoms with Crippen LogP contribution in [0.25, 0.3) is 0 Å². The fourth-order valence-electron chi connectivity index (χ4n) is 5.87. The predicted octanol–water partition coefficient (Wildman–Crippen LogP) is 1.63. The number of fused-ring (bicyclic) bond motifs is 1. The SMILES string of the molecule is NCCSCC(O)COc1cc(OCC(O)CSCCN)c2c(c1)OC(c1ccc(OCC(O)CSCCN)c(OCC(O)CSCCN)c1)C(O)C2c1ccco1. The van der Waals surface area contributed by atoms with E-state index in [1.807, 2.05) is 0 Å². The zero-order chi connectivity index (χ0) is 41.7. The average Bonchev–Trinajstić information content (AvgIpc) is 3.76. The van der Waals surface area contributed by atoms with Crippen molar-refractivity contribution in [3.05, 3.63) is 65.6 Å². The maximum Gasteiger partial charge on any atom is 0.161 e. The van der Waals surface area contributed by atoms with Gasteiger partial charge in [0.05, 0.1) is 36.6 Å². The van der Waals surface area contributed by atoms with E-state index < -0.39 is 42.5 Å². The van der Waals surface area contributed by atoms with Gasteiger partial charge >= 0.3 is 0 Å². The monoisotopic (exact) mass is 888 g/mol. The lowest BCUT2D eigenvalue weighted by Crippen LogP contribution is -2.35. The van der Waals surface area contributed by atoms with Crippen LogP contribution in [0.15, 0.2) is 53.1 Å². The van der Waals surface area contributed by atoms with Gasteiger partial charge in [-0.15, -0.1) is 0 Å². The van der Waals surface area contributed by atoms with Crippen molar-refractivity contribution in [3.8, 4) is 28.7 Å². The summed E-state index contributed by atoms with van der Waals surface area (Å²) in [5, 5.41) is 54.8. The third-order valence-corrected chi connectivity index (χ3v) is 13.0. The number of furan rings is 1. The number of aliphatic hydroxyl groups excluding tert-OH is 5. The molecule has 7 atom stereocenters. The van der Waals surface area contributed by atoms with Crippen LogP contribution in [-0.4, -0.2) is 155 Å². The molecule has 58 heavy (non-hydrogen) atoms. The smallest absolute Gasteiger partial charge is 0.161 e. The molecule has 7 unspecified atom stereocenters. The highest BCUT2D eigenvalue weighted by Crippen LogP contribution is 2.51. The maximum absolute atomic E-state index is 12.2. The molecule has 15 nitrogen and oxygen atoms in total. The van der Waals surface area contributed by atoms with Crippen LogP contribution in [-0.2, 0) is 0 Å². The van der Waals surface area contributed by atoms with Gasteiger partial charge in [-0.2, -0.15) is 47.0 Å². The first-order valence-electron chi connectivity index (χ1n) is 19.2. The van der Waals surface area contributed by atoms with E-state index in [4.69, 9.17) is 51.0 Å². The molecule has 0 radical (unpaired) electrons. The van der Waals surface area contributed by atoms with Crippen LogP contribution in [0.2, 0.25) is 0 Å². The number of ether oxygens (including phenoxy) is 5. The third kappa shape index (κ3) is 15.7. The quantitative estimate of drug-likeness (QED) is 0.0431. The molecule has 3 aromatic rings. The molecule has 326 valence electrons. The molecule has 0 fully saturated rings. The van der Waals surface area contributed by atoms with Crippen LogP contribution in [0.4, 0.5) is 0 Å². The van der Waals surface area contributed by atoms with Crippen LogP contribution >= 0.6 is 47.0 Å². The first-order chi connectivity index (χ1) is 28.2. The van der Waals surface area contributed by atoms with Crippen molar-refractivity contribution in [2.45, 2.75) is 42.5 Å². The lowest BCUT2D eigenvalue weighted by Gasteiger charge is -2.37. The second kappa shape index (κ2) is 26.9. The Morgan fingerprint density at radius 2 is 1.10 bits per heavy atom. The Kier molecular flexibility index (Phi) is 22.4. The molecule has 0 aliphatic carbocycles. The van der Waals surface area contributed by atoms with Crippen molar-refractivity contribution in [3.63, 3.8) is 0 Å². The molecular formula is C39H60N4O11S4. The summed E-state index contributed by atoms with van der Waals surface area (Å²) < 4.78 is 37.0. The molecule has 4 rings (SSSR count). The number of aliphatic hydroxyl groups is 5. The van der Waals surface area contributed by atoms with Crippen molar-refractivity contribution in [1.29, 1.82) is 0 Å². The van der Waals surface area contributed by atoms with Gasteiger partial charge in [0, 0.05) is 89.9 Å².